The molecule has 0 aliphatic carbocycles. The first kappa shape index (κ1) is 19.1. The lowest BCUT2D eigenvalue weighted by Gasteiger charge is -2.21. The van der Waals surface area contributed by atoms with E-state index in [2.05, 4.69) is 15.5 Å². The number of benzene rings is 2. The predicted molar refractivity (Wildman–Crippen MR) is 108 cm³/mol. The summed E-state index contributed by atoms with van der Waals surface area (Å²) in [6.45, 7) is 2.15. The summed E-state index contributed by atoms with van der Waals surface area (Å²) in [5.74, 6) is 0.867. The fourth-order valence-corrected chi connectivity index (χ4v) is 3.14. The van der Waals surface area contributed by atoms with Crippen molar-refractivity contribution in [1.82, 2.24) is 15.1 Å². The van der Waals surface area contributed by atoms with Gasteiger partial charge in [0.05, 0.1) is 18.3 Å². The van der Waals surface area contributed by atoms with Crippen LogP contribution in [0.15, 0.2) is 63.9 Å². The number of likely N-dealkylation sites (N-methyl/N-ethyl adjacent to an activating group) is 1. The Balaban J connectivity index is 1.63. The molecule has 0 fully saturated rings. The topological polar surface area (TPSA) is 71.3 Å². The standard InChI is InChI=1S/C20H22N4O2S/c1-14(19-22-23-20(26-19)15-9-5-4-6-10-15)24(2)13-18(25)21-16-11-7-8-12-17(16)27-3/h4-12,14H,13H2,1-3H3,(H,21,25)/t14-/m0/s1. The van der Waals surface area contributed by atoms with E-state index in [1.54, 1.807) is 11.8 Å². The Morgan fingerprint density at radius 3 is 2.59 bits per heavy atom. The van der Waals surface area contributed by atoms with Crippen molar-refractivity contribution in [2.45, 2.75) is 17.9 Å². The molecule has 0 radical (unpaired) electrons. The zero-order chi connectivity index (χ0) is 19.2. The van der Waals surface area contributed by atoms with E-state index in [0.29, 0.717) is 11.8 Å². The molecule has 140 valence electrons. The van der Waals surface area contributed by atoms with Crippen molar-refractivity contribution >= 4 is 23.4 Å². The van der Waals surface area contributed by atoms with E-state index in [0.717, 1.165) is 16.1 Å². The van der Waals surface area contributed by atoms with Crippen molar-refractivity contribution < 1.29 is 9.21 Å². The number of amides is 1. The lowest BCUT2D eigenvalue weighted by molar-refractivity contribution is -0.117. The van der Waals surface area contributed by atoms with E-state index >= 15 is 0 Å². The molecule has 0 unspecified atom stereocenters. The molecule has 1 atom stereocenters. The molecule has 27 heavy (non-hydrogen) atoms. The van der Waals surface area contributed by atoms with Crippen LogP contribution in [0.3, 0.4) is 0 Å². The van der Waals surface area contributed by atoms with Gasteiger partial charge in [0.15, 0.2) is 0 Å². The van der Waals surface area contributed by atoms with Gasteiger partial charge >= 0.3 is 0 Å². The van der Waals surface area contributed by atoms with E-state index in [4.69, 9.17) is 4.42 Å². The smallest absolute Gasteiger partial charge is 0.247 e. The summed E-state index contributed by atoms with van der Waals surface area (Å²) in [5.41, 5.74) is 1.69. The predicted octanol–water partition coefficient (Wildman–Crippen LogP) is 4.09. The minimum Gasteiger partial charge on any atom is -0.419 e. The second-order valence-corrected chi connectivity index (χ2v) is 7.00. The molecule has 0 bridgehead atoms. The molecule has 2 aromatic carbocycles. The van der Waals surface area contributed by atoms with Gasteiger partial charge in [0.1, 0.15) is 0 Å². The van der Waals surface area contributed by atoms with E-state index in [9.17, 15) is 4.79 Å². The normalized spacial score (nSPS) is 12.1. The molecule has 0 aliphatic heterocycles. The van der Waals surface area contributed by atoms with E-state index in [1.807, 2.05) is 79.7 Å². The summed E-state index contributed by atoms with van der Waals surface area (Å²) in [4.78, 5) is 15.3. The van der Waals surface area contributed by atoms with Crippen LogP contribution in [0.4, 0.5) is 5.69 Å². The number of carbonyl (C=O) groups excluding carboxylic acids is 1. The fraction of sp³-hybridized carbons (Fsp3) is 0.250. The maximum atomic E-state index is 12.4. The Morgan fingerprint density at radius 2 is 1.85 bits per heavy atom. The van der Waals surface area contributed by atoms with Crippen molar-refractivity contribution in [2.75, 3.05) is 25.2 Å². The Labute approximate surface area is 163 Å². The molecule has 6 nitrogen and oxygen atoms in total. The minimum absolute atomic E-state index is 0.0892. The highest BCUT2D eigenvalue weighted by molar-refractivity contribution is 7.98. The SMILES string of the molecule is CSc1ccccc1NC(=O)CN(C)[C@@H](C)c1nnc(-c2ccccc2)o1. The first-order chi connectivity index (χ1) is 13.1. The maximum absolute atomic E-state index is 12.4. The van der Waals surface area contributed by atoms with Gasteiger partial charge in [0.2, 0.25) is 17.7 Å². The van der Waals surface area contributed by atoms with Gasteiger partial charge in [-0.2, -0.15) is 0 Å². The monoisotopic (exact) mass is 382 g/mol. The quantitative estimate of drug-likeness (QED) is 0.621. The minimum atomic E-state index is -0.184. The van der Waals surface area contributed by atoms with E-state index < -0.39 is 0 Å². The van der Waals surface area contributed by atoms with Gasteiger partial charge in [0.25, 0.3) is 0 Å². The van der Waals surface area contributed by atoms with Crippen molar-refractivity contribution in [3.63, 3.8) is 0 Å². The highest BCUT2D eigenvalue weighted by atomic mass is 32.2. The average Bonchev–Trinajstić information content (AvgIpc) is 3.18. The van der Waals surface area contributed by atoms with Crippen LogP contribution in [0.2, 0.25) is 0 Å². The Hall–Kier alpha value is -2.64. The number of aromatic nitrogens is 2. The first-order valence-corrected chi connectivity index (χ1v) is 9.83. The highest BCUT2D eigenvalue weighted by Crippen LogP contribution is 2.25. The molecular formula is C20H22N4O2S. The van der Waals surface area contributed by atoms with Crippen molar-refractivity contribution in [3.8, 4) is 11.5 Å². The number of nitrogens with zero attached hydrogens (tertiary/aromatic N) is 3. The van der Waals surface area contributed by atoms with Gasteiger partial charge in [-0.15, -0.1) is 22.0 Å². The van der Waals surface area contributed by atoms with Gasteiger partial charge in [0, 0.05) is 10.5 Å². The molecule has 0 aliphatic rings. The Bertz CT molecular complexity index is 898. The highest BCUT2D eigenvalue weighted by Gasteiger charge is 2.21. The van der Waals surface area contributed by atoms with E-state index in [1.165, 1.54) is 0 Å². The molecule has 3 aromatic rings. The zero-order valence-electron chi connectivity index (χ0n) is 15.5. The third-order valence-electron chi connectivity index (χ3n) is 4.25. The van der Waals surface area contributed by atoms with Gasteiger partial charge in [-0.25, -0.2) is 0 Å². The number of hydrogen-bond acceptors (Lipinski definition) is 6. The average molecular weight is 382 g/mol. The van der Waals surface area contributed by atoms with Crippen LogP contribution in [0, 0.1) is 0 Å². The van der Waals surface area contributed by atoms with Crippen LogP contribution in [-0.4, -0.2) is 40.9 Å². The lowest BCUT2D eigenvalue weighted by atomic mass is 10.2. The number of para-hydroxylation sites is 1. The zero-order valence-corrected chi connectivity index (χ0v) is 16.4. The second-order valence-electron chi connectivity index (χ2n) is 6.15. The van der Waals surface area contributed by atoms with Crippen molar-refractivity contribution in [3.05, 3.63) is 60.5 Å². The number of anilines is 1. The number of nitrogens with one attached hydrogen (secondary N) is 1. The summed E-state index contributed by atoms with van der Waals surface area (Å²) >= 11 is 1.60. The number of carbonyl (C=O) groups is 1. The van der Waals surface area contributed by atoms with Gasteiger partial charge in [-0.1, -0.05) is 30.3 Å². The summed E-state index contributed by atoms with van der Waals surface area (Å²) in [7, 11) is 1.86. The van der Waals surface area contributed by atoms with Gasteiger partial charge < -0.3 is 9.73 Å². The molecule has 7 heteroatoms. The second kappa shape index (κ2) is 8.83. The summed E-state index contributed by atoms with van der Waals surface area (Å²) < 4.78 is 5.79. The molecule has 0 spiro atoms. The van der Waals surface area contributed by atoms with Gasteiger partial charge in [-0.3, -0.25) is 9.69 Å². The lowest BCUT2D eigenvalue weighted by Crippen LogP contribution is -2.32. The molecule has 1 N–H and O–H groups in total. The summed E-state index contributed by atoms with van der Waals surface area (Å²) in [6.07, 6.45) is 1.99. The summed E-state index contributed by atoms with van der Waals surface area (Å²) in [6, 6.07) is 17.2. The summed E-state index contributed by atoms with van der Waals surface area (Å²) in [5, 5.41) is 11.2. The Kier molecular flexibility index (Phi) is 6.26. The molecule has 1 amide bonds. The van der Waals surface area contributed by atoms with Crippen molar-refractivity contribution in [1.29, 1.82) is 0 Å². The number of hydrogen-bond donors (Lipinski definition) is 1. The van der Waals surface area contributed by atoms with Crippen LogP contribution in [0.25, 0.3) is 11.5 Å². The third-order valence-corrected chi connectivity index (χ3v) is 5.05. The molecule has 3 rings (SSSR count). The van der Waals surface area contributed by atoms with Crippen LogP contribution >= 0.6 is 11.8 Å². The van der Waals surface area contributed by atoms with Crippen molar-refractivity contribution in [2.24, 2.45) is 0 Å². The van der Waals surface area contributed by atoms with Crippen LogP contribution in [-0.2, 0) is 4.79 Å². The number of rotatable bonds is 7. The van der Waals surface area contributed by atoms with Gasteiger partial charge in [-0.05, 0) is 44.5 Å². The largest absolute Gasteiger partial charge is 0.419 e. The molecule has 1 heterocycles. The molecule has 0 saturated heterocycles. The molecule has 1 aromatic heterocycles. The molecule has 0 saturated carbocycles. The fourth-order valence-electron chi connectivity index (χ4n) is 2.59. The number of thioether (sulfide) groups is 1. The molecular weight excluding hydrogens is 360 g/mol. The Morgan fingerprint density at radius 1 is 1.15 bits per heavy atom. The van der Waals surface area contributed by atoms with Crippen LogP contribution < -0.4 is 5.32 Å². The maximum Gasteiger partial charge on any atom is 0.247 e. The van der Waals surface area contributed by atoms with E-state index in [-0.39, 0.29) is 18.5 Å². The third kappa shape index (κ3) is 4.75. The first-order valence-electron chi connectivity index (χ1n) is 8.60. The van der Waals surface area contributed by atoms with Crippen LogP contribution in [0.5, 0.6) is 0 Å². The van der Waals surface area contributed by atoms with Crippen LogP contribution in [0.1, 0.15) is 18.9 Å².